The van der Waals surface area contributed by atoms with Gasteiger partial charge in [-0.15, -0.1) is 0 Å². The maximum atomic E-state index is 12.2. The van der Waals surface area contributed by atoms with Crippen molar-refractivity contribution in [2.45, 2.75) is 0 Å². The molecule has 4 rings (SSSR count). The van der Waals surface area contributed by atoms with E-state index >= 15 is 0 Å². The van der Waals surface area contributed by atoms with Crippen LogP contribution in [0.15, 0.2) is 77.2 Å². The zero-order valence-electron chi connectivity index (χ0n) is 14.2. The number of furan rings is 1. The number of methoxy groups -OCH3 is 1. The topological polar surface area (TPSA) is 51.5 Å². The van der Waals surface area contributed by atoms with Crippen LogP contribution < -0.4 is 10.1 Å². The number of hydrogen-bond acceptors (Lipinski definition) is 3. The van der Waals surface area contributed by atoms with E-state index in [9.17, 15) is 4.79 Å². The molecule has 0 bridgehead atoms. The number of para-hydroxylation sites is 1. The number of rotatable bonds is 4. The molecular weight excluding hydrogens is 326 g/mol. The van der Waals surface area contributed by atoms with E-state index < -0.39 is 0 Å². The highest BCUT2D eigenvalue weighted by molar-refractivity contribution is 6.07. The SMILES string of the molecule is COc1ccc(C=CC(=O)Nc2ccc3c(c2)oc2ccccc23)cc1. The van der Waals surface area contributed by atoms with Crippen molar-refractivity contribution < 1.29 is 13.9 Å². The first-order valence-electron chi connectivity index (χ1n) is 8.27. The Bertz CT molecular complexity index is 1110. The molecule has 1 aromatic heterocycles. The Morgan fingerprint density at radius 2 is 1.73 bits per heavy atom. The largest absolute Gasteiger partial charge is 0.497 e. The maximum Gasteiger partial charge on any atom is 0.248 e. The number of amides is 1. The summed E-state index contributed by atoms with van der Waals surface area (Å²) in [7, 11) is 1.62. The number of hydrogen-bond donors (Lipinski definition) is 1. The van der Waals surface area contributed by atoms with Gasteiger partial charge in [-0.3, -0.25) is 4.79 Å². The van der Waals surface area contributed by atoms with E-state index in [-0.39, 0.29) is 5.91 Å². The second-order valence-electron chi connectivity index (χ2n) is 5.90. The monoisotopic (exact) mass is 343 g/mol. The van der Waals surface area contributed by atoms with Crippen molar-refractivity contribution in [3.8, 4) is 5.75 Å². The van der Waals surface area contributed by atoms with E-state index in [0.29, 0.717) is 5.69 Å². The lowest BCUT2D eigenvalue weighted by atomic mass is 10.1. The van der Waals surface area contributed by atoms with Crippen LogP contribution in [0.25, 0.3) is 28.0 Å². The average molecular weight is 343 g/mol. The molecule has 1 N–H and O–H groups in total. The molecule has 0 aliphatic carbocycles. The minimum Gasteiger partial charge on any atom is -0.497 e. The van der Waals surface area contributed by atoms with Crippen molar-refractivity contribution in [1.82, 2.24) is 0 Å². The molecule has 1 amide bonds. The quantitative estimate of drug-likeness (QED) is 0.515. The highest BCUT2D eigenvalue weighted by atomic mass is 16.5. The Hall–Kier alpha value is -3.53. The first kappa shape index (κ1) is 16.0. The van der Waals surface area contributed by atoms with Crippen LogP contribution in [0.2, 0.25) is 0 Å². The first-order valence-corrected chi connectivity index (χ1v) is 8.27. The first-order chi connectivity index (χ1) is 12.7. The van der Waals surface area contributed by atoms with Gasteiger partial charge in [0.2, 0.25) is 5.91 Å². The van der Waals surface area contributed by atoms with Gasteiger partial charge in [-0.25, -0.2) is 0 Å². The normalized spacial score (nSPS) is 11.3. The second-order valence-corrected chi connectivity index (χ2v) is 5.90. The molecule has 0 radical (unpaired) electrons. The smallest absolute Gasteiger partial charge is 0.248 e. The van der Waals surface area contributed by atoms with Gasteiger partial charge in [-0.05, 0) is 42.0 Å². The van der Waals surface area contributed by atoms with E-state index in [2.05, 4.69) is 5.32 Å². The Labute approximate surface area is 150 Å². The summed E-state index contributed by atoms with van der Waals surface area (Å²) in [6.07, 6.45) is 3.26. The molecule has 0 spiro atoms. The van der Waals surface area contributed by atoms with E-state index in [1.807, 2.05) is 66.7 Å². The van der Waals surface area contributed by atoms with Crippen LogP contribution in [0.1, 0.15) is 5.56 Å². The summed E-state index contributed by atoms with van der Waals surface area (Å²) >= 11 is 0. The molecule has 26 heavy (non-hydrogen) atoms. The van der Waals surface area contributed by atoms with Crippen molar-refractivity contribution in [3.05, 3.63) is 78.4 Å². The number of fused-ring (bicyclic) bond motifs is 3. The number of carbonyl (C=O) groups excluding carboxylic acids is 1. The fourth-order valence-corrected chi connectivity index (χ4v) is 2.87. The van der Waals surface area contributed by atoms with Gasteiger partial charge in [0.05, 0.1) is 7.11 Å². The molecule has 0 fully saturated rings. The third kappa shape index (κ3) is 3.17. The molecule has 1 heterocycles. The zero-order valence-corrected chi connectivity index (χ0v) is 14.2. The Balaban J connectivity index is 1.51. The molecule has 4 heteroatoms. The summed E-state index contributed by atoms with van der Waals surface area (Å²) in [5.41, 5.74) is 3.21. The van der Waals surface area contributed by atoms with E-state index in [4.69, 9.17) is 9.15 Å². The molecule has 4 aromatic rings. The van der Waals surface area contributed by atoms with Crippen LogP contribution in [-0.2, 0) is 4.79 Å². The second kappa shape index (κ2) is 6.76. The van der Waals surface area contributed by atoms with E-state index in [1.165, 1.54) is 6.08 Å². The molecule has 0 unspecified atom stereocenters. The maximum absolute atomic E-state index is 12.2. The lowest BCUT2D eigenvalue weighted by Gasteiger charge is -2.02. The summed E-state index contributed by atoms with van der Waals surface area (Å²) in [6, 6.07) is 21.1. The summed E-state index contributed by atoms with van der Waals surface area (Å²) in [6.45, 7) is 0. The van der Waals surface area contributed by atoms with Crippen LogP contribution in [0.5, 0.6) is 5.75 Å². The van der Waals surface area contributed by atoms with Crippen molar-refractivity contribution in [3.63, 3.8) is 0 Å². The number of nitrogens with one attached hydrogen (secondary N) is 1. The number of anilines is 1. The van der Waals surface area contributed by atoms with Gasteiger partial charge >= 0.3 is 0 Å². The third-order valence-corrected chi connectivity index (χ3v) is 4.19. The summed E-state index contributed by atoms with van der Waals surface area (Å²) in [5, 5.41) is 4.96. The number of benzene rings is 3. The zero-order chi connectivity index (χ0) is 17.9. The van der Waals surface area contributed by atoms with Crippen LogP contribution >= 0.6 is 0 Å². The third-order valence-electron chi connectivity index (χ3n) is 4.19. The van der Waals surface area contributed by atoms with Crippen LogP contribution in [0.4, 0.5) is 5.69 Å². The standard InChI is InChI=1S/C22H17NO3/c1-25-17-10-6-15(7-11-17)8-13-22(24)23-16-9-12-19-18-4-2-3-5-20(18)26-21(19)14-16/h2-14H,1H3,(H,23,24). The Kier molecular flexibility index (Phi) is 4.15. The minimum atomic E-state index is -0.198. The number of ether oxygens (including phenoxy) is 1. The number of carbonyl (C=O) groups is 1. The van der Waals surface area contributed by atoms with Crippen LogP contribution in [0, 0.1) is 0 Å². The van der Waals surface area contributed by atoms with E-state index in [0.717, 1.165) is 33.3 Å². The predicted molar refractivity (Wildman–Crippen MR) is 104 cm³/mol. The van der Waals surface area contributed by atoms with Crippen molar-refractivity contribution >= 4 is 39.6 Å². The lowest BCUT2D eigenvalue weighted by Crippen LogP contribution is -2.07. The van der Waals surface area contributed by atoms with Gasteiger partial charge in [0, 0.05) is 28.6 Å². The van der Waals surface area contributed by atoms with Crippen molar-refractivity contribution in [1.29, 1.82) is 0 Å². The van der Waals surface area contributed by atoms with Gasteiger partial charge in [-0.1, -0.05) is 30.3 Å². The van der Waals surface area contributed by atoms with Gasteiger partial charge < -0.3 is 14.5 Å². The molecule has 0 aliphatic rings. The van der Waals surface area contributed by atoms with Gasteiger partial charge in [0.1, 0.15) is 16.9 Å². The molecule has 0 saturated carbocycles. The summed E-state index contributed by atoms with van der Waals surface area (Å²) in [4.78, 5) is 12.2. The molecule has 128 valence electrons. The van der Waals surface area contributed by atoms with E-state index in [1.54, 1.807) is 13.2 Å². The van der Waals surface area contributed by atoms with Crippen molar-refractivity contribution in [2.24, 2.45) is 0 Å². The summed E-state index contributed by atoms with van der Waals surface area (Å²) < 4.78 is 11.0. The minimum absolute atomic E-state index is 0.198. The molecule has 0 saturated heterocycles. The van der Waals surface area contributed by atoms with Gasteiger partial charge in [0.15, 0.2) is 0 Å². The molecule has 0 atom stereocenters. The van der Waals surface area contributed by atoms with Crippen LogP contribution in [0.3, 0.4) is 0 Å². The molecular formula is C22H17NO3. The predicted octanol–water partition coefficient (Wildman–Crippen LogP) is 5.25. The van der Waals surface area contributed by atoms with Gasteiger partial charge in [-0.2, -0.15) is 0 Å². The lowest BCUT2D eigenvalue weighted by molar-refractivity contribution is -0.111. The fraction of sp³-hybridized carbons (Fsp3) is 0.0455. The van der Waals surface area contributed by atoms with Crippen LogP contribution in [-0.4, -0.2) is 13.0 Å². The van der Waals surface area contributed by atoms with Crippen molar-refractivity contribution in [2.75, 3.05) is 12.4 Å². The average Bonchev–Trinajstić information content (AvgIpc) is 3.04. The molecule has 3 aromatic carbocycles. The molecule has 0 aliphatic heterocycles. The Morgan fingerprint density at radius 1 is 0.962 bits per heavy atom. The highest BCUT2D eigenvalue weighted by Gasteiger charge is 2.07. The highest BCUT2D eigenvalue weighted by Crippen LogP contribution is 2.30. The Morgan fingerprint density at radius 3 is 2.54 bits per heavy atom. The van der Waals surface area contributed by atoms with Gasteiger partial charge in [0.25, 0.3) is 0 Å². The molecule has 4 nitrogen and oxygen atoms in total. The summed E-state index contributed by atoms with van der Waals surface area (Å²) in [5.74, 6) is 0.585. The fourth-order valence-electron chi connectivity index (χ4n) is 2.87.